The maximum atomic E-state index is 13.1. The number of furan rings is 1. The molecule has 0 N–H and O–H groups in total. The Kier molecular flexibility index (Phi) is 5.81. The summed E-state index contributed by atoms with van der Waals surface area (Å²) in [5.41, 5.74) is 3.66. The van der Waals surface area contributed by atoms with E-state index in [0.717, 1.165) is 28.0 Å². The third kappa shape index (κ3) is 4.21. The van der Waals surface area contributed by atoms with Gasteiger partial charge in [0.1, 0.15) is 5.76 Å². The molecule has 0 spiro atoms. The van der Waals surface area contributed by atoms with E-state index in [1.165, 1.54) is 11.8 Å². The Labute approximate surface area is 179 Å². The highest BCUT2D eigenvalue weighted by atomic mass is 32.2. The molecule has 7 heteroatoms. The first-order chi connectivity index (χ1) is 14.5. The van der Waals surface area contributed by atoms with Crippen molar-refractivity contribution in [2.75, 3.05) is 0 Å². The molecule has 4 rings (SSSR count). The minimum atomic E-state index is -0.313. The van der Waals surface area contributed by atoms with Gasteiger partial charge in [-0.05, 0) is 56.7 Å². The number of nitrogens with zero attached hydrogens (tertiary/aromatic N) is 4. The maximum absolute atomic E-state index is 13.1. The van der Waals surface area contributed by atoms with Gasteiger partial charge < -0.3 is 4.42 Å². The number of hydrogen-bond donors (Lipinski definition) is 0. The first-order valence-corrected chi connectivity index (χ1v) is 10.5. The van der Waals surface area contributed by atoms with Crippen molar-refractivity contribution in [1.82, 2.24) is 19.7 Å². The topological polar surface area (TPSA) is 73.8 Å². The summed E-state index contributed by atoms with van der Waals surface area (Å²) in [5.74, 6) is 1.56. The highest BCUT2D eigenvalue weighted by Crippen LogP contribution is 2.29. The number of Topliss-reactive ketones (excluding diaryl/α,β-unsaturated/α-hetero) is 1. The van der Waals surface area contributed by atoms with Crippen molar-refractivity contribution >= 4 is 17.5 Å². The number of carbonyl (C=O) groups is 1. The summed E-state index contributed by atoms with van der Waals surface area (Å²) in [6.07, 6.45) is 5.11. The van der Waals surface area contributed by atoms with Gasteiger partial charge in [0.15, 0.2) is 16.8 Å². The van der Waals surface area contributed by atoms with Gasteiger partial charge in [0, 0.05) is 23.5 Å². The van der Waals surface area contributed by atoms with Crippen molar-refractivity contribution in [2.45, 2.75) is 37.7 Å². The van der Waals surface area contributed by atoms with E-state index in [2.05, 4.69) is 15.2 Å². The quantitative estimate of drug-likeness (QED) is 0.312. The molecular formula is C23H22N4O2S. The lowest BCUT2D eigenvalue weighted by Crippen LogP contribution is -2.16. The van der Waals surface area contributed by atoms with Crippen molar-refractivity contribution < 1.29 is 9.21 Å². The number of pyridine rings is 1. The summed E-state index contributed by atoms with van der Waals surface area (Å²) in [5, 5.41) is 9.12. The SMILES string of the molecule is Cc1ccc(C)c(C(=O)[C@@H](C)Sc2nnc(-c3cccnc3)n2Cc2ccco2)c1. The average molecular weight is 419 g/mol. The van der Waals surface area contributed by atoms with Crippen LogP contribution in [0.2, 0.25) is 0 Å². The monoisotopic (exact) mass is 418 g/mol. The molecule has 0 bridgehead atoms. The molecule has 0 amide bonds. The Hall–Kier alpha value is -3.19. The van der Waals surface area contributed by atoms with Gasteiger partial charge in [-0.1, -0.05) is 29.5 Å². The Morgan fingerprint density at radius 1 is 1.17 bits per heavy atom. The molecule has 1 atom stereocenters. The lowest BCUT2D eigenvalue weighted by atomic mass is 10.0. The van der Waals surface area contributed by atoms with E-state index in [1.807, 2.05) is 67.8 Å². The van der Waals surface area contributed by atoms with Gasteiger partial charge in [0.05, 0.1) is 18.1 Å². The van der Waals surface area contributed by atoms with Crippen molar-refractivity contribution in [3.63, 3.8) is 0 Å². The number of benzene rings is 1. The summed E-state index contributed by atoms with van der Waals surface area (Å²) in [4.78, 5) is 17.3. The molecule has 3 aromatic heterocycles. The number of thioether (sulfide) groups is 1. The molecule has 3 heterocycles. The van der Waals surface area contributed by atoms with E-state index >= 15 is 0 Å². The zero-order valence-electron chi connectivity index (χ0n) is 17.1. The zero-order chi connectivity index (χ0) is 21.1. The van der Waals surface area contributed by atoms with Crippen molar-refractivity contribution in [1.29, 1.82) is 0 Å². The minimum absolute atomic E-state index is 0.0803. The number of carbonyl (C=O) groups excluding carboxylic acids is 1. The molecule has 0 saturated heterocycles. The standard InChI is InChI=1S/C23H22N4O2S/c1-15-8-9-16(2)20(12-15)21(28)17(3)30-23-26-25-22(18-6-4-10-24-13-18)27(23)14-19-7-5-11-29-19/h4-13,17H,14H2,1-3H3/t17-/m1/s1. The third-order valence-corrected chi connectivity index (χ3v) is 5.92. The van der Waals surface area contributed by atoms with Crippen LogP contribution in [0.15, 0.2) is 70.7 Å². The fourth-order valence-corrected chi connectivity index (χ4v) is 4.13. The van der Waals surface area contributed by atoms with Crippen LogP contribution in [-0.2, 0) is 6.54 Å². The van der Waals surface area contributed by atoms with Gasteiger partial charge in [0.2, 0.25) is 0 Å². The van der Waals surface area contributed by atoms with Gasteiger partial charge in [0.25, 0.3) is 0 Å². The first kappa shape index (κ1) is 20.1. The summed E-state index contributed by atoms with van der Waals surface area (Å²) in [6.45, 7) is 6.33. The van der Waals surface area contributed by atoms with Crippen LogP contribution < -0.4 is 0 Å². The van der Waals surface area contributed by atoms with Crippen LogP contribution in [0.5, 0.6) is 0 Å². The van der Waals surface area contributed by atoms with E-state index in [4.69, 9.17) is 4.42 Å². The molecule has 152 valence electrons. The molecule has 1 aromatic carbocycles. The van der Waals surface area contributed by atoms with Gasteiger partial charge in [-0.2, -0.15) is 0 Å². The second-order valence-electron chi connectivity index (χ2n) is 7.16. The molecule has 6 nitrogen and oxygen atoms in total. The van der Waals surface area contributed by atoms with Crippen LogP contribution in [-0.4, -0.2) is 30.8 Å². The van der Waals surface area contributed by atoms with Crippen molar-refractivity contribution in [3.8, 4) is 11.4 Å². The van der Waals surface area contributed by atoms with E-state index in [9.17, 15) is 4.79 Å². The van der Waals surface area contributed by atoms with Crippen LogP contribution in [0.3, 0.4) is 0 Å². The smallest absolute Gasteiger partial charge is 0.192 e. The molecule has 30 heavy (non-hydrogen) atoms. The Bertz CT molecular complexity index is 1150. The van der Waals surface area contributed by atoms with E-state index in [0.29, 0.717) is 17.5 Å². The average Bonchev–Trinajstić information content (AvgIpc) is 3.41. The number of hydrogen-bond acceptors (Lipinski definition) is 6. The van der Waals surface area contributed by atoms with Gasteiger partial charge in [-0.3, -0.25) is 14.3 Å². The predicted molar refractivity (Wildman–Crippen MR) is 117 cm³/mol. The zero-order valence-corrected chi connectivity index (χ0v) is 17.9. The largest absolute Gasteiger partial charge is 0.467 e. The number of ketones is 1. The number of aryl methyl sites for hydroxylation is 2. The maximum Gasteiger partial charge on any atom is 0.192 e. The van der Waals surface area contributed by atoms with Crippen molar-refractivity contribution in [2.24, 2.45) is 0 Å². The highest BCUT2D eigenvalue weighted by Gasteiger charge is 2.23. The summed E-state index contributed by atoms with van der Waals surface area (Å²) >= 11 is 1.40. The third-order valence-electron chi connectivity index (χ3n) is 4.84. The molecule has 0 radical (unpaired) electrons. The second-order valence-corrected chi connectivity index (χ2v) is 8.46. The molecule has 0 saturated carbocycles. The molecule has 0 unspecified atom stereocenters. The Morgan fingerprint density at radius 2 is 2.03 bits per heavy atom. The molecule has 0 aliphatic carbocycles. The van der Waals surface area contributed by atoms with Crippen LogP contribution >= 0.6 is 11.8 Å². The highest BCUT2D eigenvalue weighted by molar-refractivity contribution is 8.00. The van der Waals surface area contributed by atoms with Gasteiger partial charge in [-0.25, -0.2) is 0 Å². The van der Waals surface area contributed by atoms with E-state index in [1.54, 1.807) is 18.7 Å². The predicted octanol–water partition coefficient (Wildman–Crippen LogP) is 4.96. The van der Waals surface area contributed by atoms with E-state index < -0.39 is 0 Å². The van der Waals surface area contributed by atoms with Crippen LogP contribution in [0.1, 0.15) is 34.2 Å². The fraction of sp³-hybridized carbons (Fsp3) is 0.217. The second kappa shape index (κ2) is 8.67. The van der Waals surface area contributed by atoms with E-state index in [-0.39, 0.29) is 11.0 Å². The Balaban J connectivity index is 1.65. The first-order valence-electron chi connectivity index (χ1n) is 9.67. The Morgan fingerprint density at radius 3 is 2.77 bits per heavy atom. The number of aromatic nitrogens is 4. The molecule has 4 aromatic rings. The summed E-state index contributed by atoms with van der Waals surface area (Å²) in [7, 11) is 0. The fourth-order valence-electron chi connectivity index (χ4n) is 3.22. The summed E-state index contributed by atoms with van der Waals surface area (Å²) < 4.78 is 7.50. The van der Waals surface area contributed by atoms with Crippen LogP contribution in [0.25, 0.3) is 11.4 Å². The van der Waals surface area contributed by atoms with Gasteiger partial charge >= 0.3 is 0 Å². The van der Waals surface area contributed by atoms with Crippen LogP contribution in [0.4, 0.5) is 0 Å². The van der Waals surface area contributed by atoms with Crippen LogP contribution in [0, 0.1) is 13.8 Å². The molecule has 0 fully saturated rings. The normalized spacial score (nSPS) is 12.1. The molecule has 0 aliphatic heterocycles. The summed E-state index contributed by atoms with van der Waals surface area (Å²) in [6, 6.07) is 13.5. The minimum Gasteiger partial charge on any atom is -0.467 e. The molecular weight excluding hydrogens is 396 g/mol. The lowest BCUT2D eigenvalue weighted by molar-refractivity contribution is 0.0993. The lowest BCUT2D eigenvalue weighted by Gasteiger charge is -2.14. The molecule has 0 aliphatic rings. The van der Waals surface area contributed by atoms with Crippen molar-refractivity contribution in [3.05, 3.63) is 83.6 Å². The number of rotatable bonds is 7. The van der Waals surface area contributed by atoms with Gasteiger partial charge in [-0.15, -0.1) is 10.2 Å².